The quantitative estimate of drug-likeness (QED) is 0.877. The summed E-state index contributed by atoms with van der Waals surface area (Å²) in [6.07, 6.45) is 6.06. The predicted octanol–water partition coefficient (Wildman–Crippen LogP) is 2.87. The van der Waals surface area contributed by atoms with Crippen molar-refractivity contribution in [3.8, 4) is 5.75 Å². The zero-order chi connectivity index (χ0) is 11.7. The maximum Gasteiger partial charge on any atom is 0.120 e. The summed E-state index contributed by atoms with van der Waals surface area (Å²) in [4.78, 5) is 0. The van der Waals surface area contributed by atoms with Gasteiger partial charge in [0.1, 0.15) is 5.75 Å². The summed E-state index contributed by atoms with van der Waals surface area (Å²) < 4.78 is 10.8. The first-order valence-corrected chi connectivity index (χ1v) is 5.87. The van der Waals surface area contributed by atoms with Crippen LogP contribution in [0, 0.1) is 0 Å². The first kappa shape index (κ1) is 10.4. The summed E-state index contributed by atoms with van der Waals surface area (Å²) in [5, 5.41) is 0. The van der Waals surface area contributed by atoms with Crippen LogP contribution in [0.4, 0.5) is 0 Å². The third-order valence-corrected chi connectivity index (χ3v) is 2.95. The van der Waals surface area contributed by atoms with Gasteiger partial charge in [-0.25, -0.2) is 0 Å². The van der Waals surface area contributed by atoms with Gasteiger partial charge in [0.25, 0.3) is 0 Å². The molecule has 0 bridgehead atoms. The van der Waals surface area contributed by atoms with Crippen molar-refractivity contribution in [3.05, 3.63) is 54.0 Å². The van der Waals surface area contributed by atoms with Gasteiger partial charge in [-0.05, 0) is 36.6 Å². The normalized spacial score (nSPS) is 16.8. The molecule has 1 fully saturated rings. The standard InChI is InChI=1S/C14H15NO2/c15-14(11-6-7-16-9-11)10-2-1-3-13(8-10)17-12-4-5-12/h1-3,6-9,12,14H,4-5,15H2. The fourth-order valence-electron chi connectivity index (χ4n) is 1.80. The van der Waals surface area contributed by atoms with Crippen LogP contribution in [0.25, 0.3) is 0 Å². The lowest BCUT2D eigenvalue weighted by Gasteiger charge is -2.12. The van der Waals surface area contributed by atoms with E-state index in [0.29, 0.717) is 6.10 Å². The summed E-state index contributed by atoms with van der Waals surface area (Å²) in [7, 11) is 0. The van der Waals surface area contributed by atoms with E-state index in [2.05, 4.69) is 0 Å². The van der Waals surface area contributed by atoms with Gasteiger partial charge in [-0.15, -0.1) is 0 Å². The van der Waals surface area contributed by atoms with Gasteiger partial charge in [0, 0.05) is 5.56 Å². The van der Waals surface area contributed by atoms with Gasteiger partial charge in [0.15, 0.2) is 0 Å². The molecule has 1 atom stereocenters. The molecule has 88 valence electrons. The van der Waals surface area contributed by atoms with Crippen LogP contribution in [0.5, 0.6) is 5.75 Å². The van der Waals surface area contributed by atoms with Crippen LogP contribution in [0.15, 0.2) is 47.3 Å². The minimum atomic E-state index is -0.156. The Balaban J connectivity index is 1.81. The highest BCUT2D eigenvalue weighted by Crippen LogP contribution is 2.29. The van der Waals surface area contributed by atoms with E-state index in [0.717, 1.165) is 29.7 Å². The number of ether oxygens (including phenoxy) is 1. The second-order valence-corrected chi connectivity index (χ2v) is 4.42. The van der Waals surface area contributed by atoms with Crippen LogP contribution < -0.4 is 10.5 Å². The summed E-state index contributed by atoms with van der Waals surface area (Å²) in [5.74, 6) is 0.906. The van der Waals surface area contributed by atoms with Crippen molar-refractivity contribution in [2.75, 3.05) is 0 Å². The highest BCUT2D eigenvalue weighted by atomic mass is 16.5. The lowest BCUT2D eigenvalue weighted by Crippen LogP contribution is -2.11. The minimum absolute atomic E-state index is 0.156. The highest BCUT2D eigenvalue weighted by Gasteiger charge is 2.23. The number of benzene rings is 1. The van der Waals surface area contributed by atoms with Crippen LogP contribution in [0.1, 0.15) is 30.0 Å². The van der Waals surface area contributed by atoms with E-state index in [9.17, 15) is 0 Å². The molecule has 0 aliphatic heterocycles. The Hall–Kier alpha value is -1.74. The van der Waals surface area contributed by atoms with Crippen molar-refractivity contribution >= 4 is 0 Å². The zero-order valence-electron chi connectivity index (χ0n) is 9.50. The molecule has 1 saturated carbocycles. The van der Waals surface area contributed by atoms with Gasteiger partial charge < -0.3 is 14.9 Å². The molecular formula is C14H15NO2. The van der Waals surface area contributed by atoms with Gasteiger partial charge in [0.05, 0.1) is 24.7 Å². The van der Waals surface area contributed by atoms with Crippen molar-refractivity contribution < 1.29 is 9.15 Å². The predicted molar refractivity (Wildman–Crippen MR) is 64.8 cm³/mol. The molecule has 2 aromatic rings. The van der Waals surface area contributed by atoms with Crippen molar-refractivity contribution in [1.29, 1.82) is 0 Å². The topological polar surface area (TPSA) is 48.4 Å². The van der Waals surface area contributed by atoms with Gasteiger partial charge in [0.2, 0.25) is 0 Å². The van der Waals surface area contributed by atoms with Gasteiger partial charge in [-0.3, -0.25) is 0 Å². The lowest BCUT2D eigenvalue weighted by molar-refractivity contribution is 0.303. The Morgan fingerprint density at radius 3 is 2.82 bits per heavy atom. The smallest absolute Gasteiger partial charge is 0.120 e. The van der Waals surface area contributed by atoms with Gasteiger partial charge >= 0.3 is 0 Å². The third kappa shape index (κ3) is 2.34. The van der Waals surface area contributed by atoms with E-state index in [1.54, 1.807) is 12.5 Å². The Morgan fingerprint density at radius 2 is 2.12 bits per heavy atom. The molecule has 17 heavy (non-hydrogen) atoms. The molecule has 1 aliphatic carbocycles. The Morgan fingerprint density at radius 1 is 1.24 bits per heavy atom. The molecule has 0 amide bonds. The van der Waals surface area contributed by atoms with Crippen LogP contribution in [-0.4, -0.2) is 6.10 Å². The number of furan rings is 1. The summed E-state index contributed by atoms with van der Waals surface area (Å²) in [5.41, 5.74) is 8.19. The fraction of sp³-hybridized carbons (Fsp3) is 0.286. The molecule has 2 N–H and O–H groups in total. The van der Waals surface area contributed by atoms with Crippen molar-refractivity contribution in [2.24, 2.45) is 5.73 Å². The van der Waals surface area contributed by atoms with E-state index in [1.165, 1.54) is 0 Å². The Bertz CT molecular complexity index is 489. The first-order valence-electron chi connectivity index (χ1n) is 5.87. The van der Waals surface area contributed by atoms with E-state index >= 15 is 0 Å². The maximum atomic E-state index is 6.16. The van der Waals surface area contributed by atoms with Crippen LogP contribution >= 0.6 is 0 Å². The lowest BCUT2D eigenvalue weighted by atomic mass is 10.0. The molecule has 1 aliphatic rings. The molecule has 1 unspecified atom stereocenters. The van der Waals surface area contributed by atoms with Crippen molar-refractivity contribution in [3.63, 3.8) is 0 Å². The number of hydrogen-bond acceptors (Lipinski definition) is 3. The van der Waals surface area contributed by atoms with Crippen LogP contribution in [0.2, 0.25) is 0 Å². The number of rotatable bonds is 4. The highest BCUT2D eigenvalue weighted by molar-refractivity contribution is 5.35. The fourth-order valence-corrected chi connectivity index (χ4v) is 1.80. The molecule has 0 radical (unpaired) electrons. The van der Waals surface area contributed by atoms with Crippen molar-refractivity contribution in [1.82, 2.24) is 0 Å². The molecule has 1 aromatic carbocycles. The maximum absolute atomic E-state index is 6.16. The van der Waals surface area contributed by atoms with Crippen LogP contribution in [-0.2, 0) is 0 Å². The Kier molecular flexibility index (Phi) is 2.61. The SMILES string of the molecule is NC(c1ccoc1)c1cccc(OC2CC2)c1. The van der Waals surface area contributed by atoms with Crippen LogP contribution in [0.3, 0.4) is 0 Å². The van der Waals surface area contributed by atoms with E-state index in [-0.39, 0.29) is 6.04 Å². The molecule has 0 saturated heterocycles. The summed E-state index contributed by atoms with van der Waals surface area (Å²) in [6, 6.07) is 9.71. The molecule has 3 nitrogen and oxygen atoms in total. The number of hydrogen-bond donors (Lipinski definition) is 1. The monoisotopic (exact) mass is 229 g/mol. The molecule has 1 heterocycles. The molecule has 3 rings (SSSR count). The van der Waals surface area contributed by atoms with Gasteiger partial charge in [-0.2, -0.15) is 0 Å². The first-order chi connectivity index (χ1) is 8.33. The van der Waals surface area contributed by atoms with E-state index in [4.69, 9.17) is 14.9 Å². The van der Waals surface area contributed by atoms with E-state index < -0.39 is 0 Å². The Labute approximate surface area is 100 Å². The zero-order valence-corrected chi connectivity index (χ0v) is 9.50. The minimum Gasteiger partial charge on any atom is -0.490 e. The summed E-state index contributed by atoms with van der Waals surface area (Å²) in [6.45, 7) is 0. The van der Waals surface area contributed by atoms with Crippen molar-refractivity contribution in [2.45, 2.75) is 25.0 Å². The average Bonchev–Trinajstić information content (AvgIpc) is 2.99. The molecule has 1 aromatic heterocycles. The van der Waals surface area contributed by atoms with Gasteiger partial charge in [-0.1, -0.05) is 12.1 Å². The second-order valence-electron chi connectivity index (χ2n) is 4.42. The molecule has 3 heteroatoms. The average molecular weight is 229 g/mol. The molecule has 0 spiro atoms. The second kappa shape index (κ2) is 4.26. The third-order valence-electron chi connectivity index (χ3n) is 2.95. The molecular weight excluding hydrogens is 214 g/mol. The summed E-state index contributed by atoms with van der Waals surface area (Å²) >= 11 is 0. The largest absolute Gasteiger partial charge is 0.490 e. The van der Waals surface area contributed by atoms with E-state index in [1.807, 2.05) is 30.3 Å². The number of nitrogens with two attached hydrogens (primary N) is 1.